The smallest absolute Gasteiger partial charge is 0.264 e. The molecule has 0 atom stereocenters. The maximum atomic E-state index is 13.4. The van der Waals surface area contributed by atoms with Gasteiger partial charge in [0.1, 0.15) is 12.4 Å². The fourth-order valence-electron chi connectivity index (χ4n) is 3.35. The van der Waals surface area contributed by atoms with Gasteiger partial charge in [-0.3, -0.25) is 9.10 Å². The van der Waals surface area contributed by atoms with Gasteiger partial charge >= 0.3 is 0 Å². The van der Waals surface area contributed by atoms with E-state index in [0.29, 0.717) is 5.69 Å². The van der Waals surface area contributed by atoms with Crippen molar-refractivity contribution in [3.05, 3.63) is 89.7 Å². The molecule has 1 N–H and O–H groups in total. The summed E-state index contributed by atoms with van der Waals surface area (Å²) in [6.45, 7) is 3.55. The first-order valence-electron chi connectivity index (χ1n) is 10.1. The SMILES string of the molecule is CCc1cccc(CC)c1NC(=O)CN(c1ccc(F)cc1)S(=O)(=O)c1ccccc1. The third kappa shape index (κ3) is 5.11. The van der Waals surface area contributed by atoms with Gasteiger partial charge in [0, 0.05) is 5.69 Å². The van der Waals surface area contributed by atoms with Gasteiger partial charge in [-0.05, 0) is 60.4 Å². The number of amides is 1. The van der Waals surface area contributed by atoms with Crippen LogP contribution in [0.25, 0.3) is 0 Å². The maximum absolute atomic E-state index is 13.4. The molecule has 0 aliphatic rings. The molecule has 3 aromatic carbocycles. The zero-order valence-electron chi connectivity index (χ0n) is 17.5. The van der Waals surface area contributed by atoms with Crippen molar-refractivity contribution in [2.24, 2.45) is 0 Å². The Morgan fingerprint density at radius 1 is 0.871 bits per heavy atom. The van der Waals surface area contributed by atoms with E-state index in [2.05, 4.69) is 5.32 Å². The third-order valence-corrected chi connectivity index (χ3v) is 6.78. The molecule has 0 aliphatic heterocycles. The minimum Gasteiger partial charge on any atom is -0.324 e. The molecule has 0 saturated heterocycles. The van der Waals surface area contributed by atoms with E-state index >= 15 is 0 Å². The van der Waals surface area contributed by atoms with E-state index in [1.807, 2.05) is 32.0 Å². The van der Waals surface area contributed by atoms with Crippen LogP contribution >= 0.6 is 0 Å². The van der Waals surface area contributed by atoms with Crippen molar-refractivity contribution in [2.45, 2.75) is 31.6 Å². The molecule has 0 saturated carbocycles. The summed E-state index contributed by atoms with van der Waals surface area (Å²) in [6.07, 6.45) is 1.46. The molecule has 5 nitrogen and oxygen atoms in total. The standard InChI is InChI=1S/C24H25FN2O3S/c1-3-18-9-8-10-19(4-2)24(18)26-23(28)17-27(21-15-13-20(25)14-16-21)31(29,30)22-11-6-5-7-12-22/h5-16H,3-4,17H2,1-2H3,(H,26,28). The molecular formula is C24H25FN2O3S. The first kappa shape index (κ1) is 22.5. The highest BCUT2D eigenvalue weighted by Crippen LogP contribution is 2.26. The van der Waals surface area contributed by atoms with E-state index in [0.717, 1.165) is 28.3 Å². The van der Waals surface area contributed by atoms with Crippen LogP contribution in [0, 0.1) is 5.82 Å². The van der Waals surface area contributed by atoms with Crippen LogP contribution in [0.2, 0.25) is 0 Å². The largest absolute Gasteiger partial charge is 0.324 e. The van der Waals surface area contributed by atoms with Crippen molar-refractivity contribution in [3.63, 3.8) is 0 Å². The highest BCUT2D eigenvalue weighted by molar-refractivity contribution is 7.92. The average Bonchev–Trinajstić information content (AvgIpc) is 2.79. The lowest BCUT2D eigenvalue weighted by atomic mass is 10.0. The summed E-state index contributed by atoms with van der Waals surface area (Å²) in [6, 6.07) is 18.7. The van der Waals surface area contributed by atoms with Gasteiger partial charge in [0.05, 0.1) is 10.6 Å². The molecule has 3 aromatic rings. The van der Waals surface area contributed by atoms with E-state index in [4.69, 9.17) is 0 Å². The van der Waals surface area contributed by atoms with Gasteiger partial charge in [-0.25, -0.2) is 12.8 Å². The Morgan fingerprint density at radius 2 is 1.45 bits per heavy atom. The fraction of sp³-hybridized carbons (Fsp3) is 0.208. The van der Waals surface area contributed by atoms with Crippen LogP contribution in [-0.4, -0.2) is 20.9 Å². The molecule has 0 unspecified atom stereocenters. The number of carbonyl (C=O) groups is 1. The van der Waals surface area contributed by atoms with E-state index in [-0.39, 0.29) is 10.6 Å². The summed E-state index contributed by atoms with van der Waals surface area (Å²) in [5.74, 6) is -0.964. The first-order chi connectivity index (χ1) is 14.9. The second-order valence-corrected chi connectivity index (χ2v) is 8.87. The first-order valence-corrected chi connectivity index (χ1v) is 11.5. The highest BCUT2D eigenvalue weighted by atomic mass is 32.2. The van der Waals surface area contributed by atoms with Gasteiger partial charge in [-0.15, -0.1) is 0 Å². The molecule has 0 bridgehead atoms. The van der Waals surface area contributed by atoms with E-state index < -0.39 is 28.3 Å². The van der Waals surface area contributed by atoms with Crippen LogP contribution in [0.5, 0.6) is 0 Å². The van der Waals surface area contributed by atoms with Crippen molar-refractivity contribution < 1.29 is 17.6 Å². The Hall–Kier alpha value is -3.19. The van der Waals surface area contributed by atoms with Crippen LogP contribution in [0.4, 0.5) is 15.8 Å². The van der Waals surface area contributed by atoms with Crippen molar-refractivity contribution in [3.8, 4) is 0 Å². The number of nitrogens with one attached hydrogen (secondary N) is 1. The topological polar surface area (TPSA) is 66.5 Å². The van der Waals surface area contributed by atoms with Gasteiger partial charge in [-0.1, -0.05) is 50.2 Å². The molecule has 1 amide bonds. The lowest BCUT2D eigenvalue weighted by molar-refractivity contribution is -0.114. The number of aryl methyl sites for hydroxylation is 2. The fourth-order valence-corrected chi connectivity index (χ4v) is 4.80. The van der Waals surface area contributed by atoms with Gasteiger partial charge in [0.2, 0.25) is 5.91 Å². The molecular weight excluding hydrogens is 415 g/mol. The number of para-hydroxylation sites is 1. The zero-order valence-corrected chi connectivity index (χ0v) is 18.3. The summed E-state index contributed by atoms with van der Waals surface area (Å²) >= 11 is 0. The second-order valence-electron chi connectivity index (χ2n) is 7.01. The summed E-state index contributed by atoms with van der Waals surface area (Å²) in [7, 11) is -4.04. The number of halogens is 1. The quantitative estimate of drug-likeness (QED) is 0.548. The predicted molar refractivity (Wildman–Crippen MR) is 121 cm³/mol. The van der Waals surface area contributed by atoms with Crippen LogP contribution in [0.3, 0.4) is 0 Å². The van der Waals surface area contributed by atoms with Crippen molar-refractivity contribution in [1.82, 2.24) is 0 Å². The van der Waals surface area contributed by atoms with Crippen molar-refractivity contribution in [2.75, 3.05) is 16.2 Å². The van der Waals surface area contributed by atoms with Gasteiger partial charge in [0.15, 0.2) is 0 Å². The minimum atomic E-state index is -4.04. The minimum absolute atomic E-state index is 0.0512. The third-order valence-electron chi connectivity index (χ3n) is 5.00. The number of hydrogen-bond acceptors (Lipinski definition) is 3. The zero-order chi connectivity index (χ0) is 22.4. The number of nitrogens with zero attached hydrogens (tertiary/aromatic N) is 1. The van der Waals surface area contributed by atoms with Crippen molar-refractivity contribution >= 4 is 27.3 Å². The molecule has 0 radical (unpaired) electrons. The van der Waals surface area contributed by atoms with Crippen LogP contribution in [0.1, 0.15) is 25.0 Å². The van der Waals surface area contributed by atoms with E-state index in [9.17, 15) is 17.6 Å². The lowest BCUT2D eigenvalue weighted by Crippen LogP contribution is -2.38. The van der Waals surface area contributed by atoms with Crippen LogP contribution in [0.15, 0.2) is 77.7 Å². The second kappa shape index (κ2) is 9.75. The Balaban J connectivity index is 1.96. The van der Waals surface area contributed by atoms with Gasteiger partial charge in [-0.2, -0.15) is 0 Å². The number of hydrogen-bond donors (Lipinski definition) is 1. The van der Waals surface area contributed by atoms with Crippen molar-refractivity contribution in [1.29, 1.82) is 0 Å². The summed E-state index contributed by atoms with van der Waals surface area (Å²) in [5.41, 5.74) is 2.88. The number of benzene rings is 3. The molecule has 31 heavy (non-hydrogen) atoms. The number of sulfonamides is 1. The summed E-state index contributed by atoms with van der Waals surface area (Å²) < 4.78 is 41.0. The molecule has 162 valence electrons. The Bertz CT molecular complexity index is 1120. The van der Waals surface area contributed by atoms with E-state index in [1.165, 1.54) is 36.4 Å². The number of anilines is 2. The van der Waals surface area contributed by atoms with Crippen LogP contribution < -0.4 is 9.62 Å². The predicted octanol–water partition coefficient (Wildman–Crippen LogP) is 4.78. The lowest BCUT2D eigenvalue weighted by Gasteiger charge is -2.24. The van der Waals surface area contributed by atoms with Gasteiger partial charge < -0.3 is 5.32 Å². The number of carbonyl (C=O) groups excluding carboxylic acids is 1. The average molecular weight is 441 g/mol. The normalized spacial score (nSPS) is 11.2. The molecule has 0 fully saturated rings. The number of rotatable bonds is 8. The van der Waals surface area contributed by atoms with E-state index in [1.54, 1.807) is 18.2 Å². The molecule has 0 heterocycles. The Kier molecular flexibility index (Phi) is 7.07. The molecule has 0 spiro atoms. The highest BCUT2D eigenvalue weighted by Gasteiger charge is 2.27. The van der Waals surface area contributed by atoms with Crippen LogP contribution in [-0.2, 0) is 27.7 Å². The Labute approximate surface area is 182 Å². The molecule has 7 heteroatoms. The molecule has 3 rings (SSSR count). The molecule has 0 aliphatic carbocycles. The Morgan fingerprint density at radius 3 is 2.00 bits per heavy atom. The monoisotopic (exact) mass is 440 g/mol. The van der Waals surface area contributed by atoms with Gasteiger partial charge in [0.25, 0.3) is 10.0 Å². The maximum Gasteiger partial charge on any atom is 0.264 e. The summed E-state index contributed by atoms with van der Waals surface area (Å²) in [4.78, 5) is 13.0. The molecule has 0 aromatic heterocycles. The summed E-state index contributed by atoms with van der Waals surface area (Å²) in [5, 5.41) is 2.90.